The Labute approximate surface area is 244 Å². The van der Waals surface area contributed by atoms with Gasteiger partial charge in [0.2, 0.25) is 11.8 Å². The lowest BCUT2D eigenvalue weighted by molar-refractivity contribution is -0.140. The summed E-state index contributed by atoms with van der Waals surface area (Å²) in [6, 6.07) is 18.2. The van der Waals surface area contributed by atoms with Crippen molar-refractivity contribution in [1.29, 1.82) is 0 Å². The first-order chi connectivity index (χ1) is 19.1. The van der Waals surface area contributed by atoms with Gasteiger partial charge in [-0.05, 0) is 102 Å². The number of nitrogens with one attached hydrogen (secondary N) is 1. The van der Waals surface area contributed by atoms with Crippen LogP contribution in [0.25, 0.3) is 0 Å². The van der Waals surface area contributed by atoms with E-state index in [9.17, 15) is 18.0 Å². The summed E-state index contributed by atoms with van der Waals surface area (Å²) in [6.07, 6.45) is 0. The standard InChI is InChI=1S/C32H41N3O5S/c1-22-12-16-29(17-13-22)41(38,39)35(27-15-14-23(2)24(3)18-27)21-30(36)34(25(4)31(37)33-32(5,6)7)20-26-10-9-11-28(19-26)40-8/h9-19,25H,20-21H2,1-8H3,(H,33,37). The molecule has 0 heterocycles. The summed E-state index contributed by atoms with van der Waals surface area (Å²) in [6.45, 7) is 12.5. The van der Waals surface area contributed by atoms with Crippen molar-refractivity contribution in [2.75, 3.05) is 18.0 Å². The molecule has 0 aliphatic carbocycles. The third-order valence-corrected chi connectivity index (χ3v) is 8.61. The van der Waals surface area contributed by atoms with E-state index in [2.05, 4.69) is 5.32 Å². The number of aryl methyl sites for hydroxylation is 3. The van der Waals surface area contributed by atoms with Crippen LogP contribution in [0, 0.1) is 20.8 Å². The maximum atomic E-state index is 14.1. The zero-order valence-corrected chi connectivity index (χ0v) is 26.0. The number of anilines is 1. The van der Waals surface area contributed by atoms with Crippen molar-refractivity contribution in [3.8, 4) is 5.75 Å². The summed E-state index contributed by atoms with van der Waals surface area (Å²) < 4.78 is 34.5. The molecule has 0 bridgehead atoms. The number of nitrogens with zero attached hydrogens (tertiary/aromatic N) is 2. The highest BCUT2D eigenvalue weighted by molar-refractivity contribution is 7.92. The Hall–Kier alpha value is -3.85. The number of carbonyl (C=O) groups is 2. The van der Waals surface area contributed by atoms with Gasteiger partial charge in [0.25, 0.3) is 10.0 Å². The molecule has 0 aliphatic rings. The van der Waals surface area contributed by atoms with Gasteiger partial charge in [-0.2, -0.15) is 0 Å². The van der Waals surface area contributed by atoms with Crippen LogP contribution in [-0.4, -0.2) is 50.4 Å². The smallest absolute Gasteiger partial charge is 0.264 e. The summed E-state index contributed by atoms with van der Waals surface area (Å²) in [5, 5.41) is 2.93. The zero-order valence-electron chi connectivity index (χ0n) is 25.2. The van der Waals surface area contributed by atoms with Crippen molar-refractivity contribution in [3.05, 3.63) is 89.0 Å². The van der Waals surface area contributed by atoms with Crippen LogP contribution in [0.5, 0.6) is 5.75 Å². The largest absolute Gasteiger partial charge is 0.497 e. The predicted molar refractivity (Wildman–Crippen MR) is 163 cm³/mol. The number of hydrogen-bond acceptors (Lipinski definition) is 5. The quantitative estimate of drug-likeness (QED) is 0.359. The number of sulfonamides is 1. The Kier molecular flexibility index (Phi) is 9.86. The second-order valence-electron chi connectivity index (χ2n) is 11.4. The van der Waals surface area contributed by atoms with E-state index in [1.807, 2.05) is 53.7 Å². The number of ether oxygens (including phenoxy) is 1. The van der Waals surface area contributed by atoms with Crippen molar-refractivity contribution < 1.29 is 22.7 Å². The molecule has 220 valence electrons. The minimum Gasteiger partial charge on any atom is -0.497 e. The van der Waals surface area contributed by atoms with Crippen LogP contribution in [0.2, 0.25) is 0 Å². The average Bonchev–Trinajstić information content (AvgIpc) is 2.90. The van der Waals surface area contributed by atoms with E-state index in [4.69, 9.17) is 4.74 Å². The van der Waals surface area contributed by atoms with Crippen molar-refractivity contribution >= 4 is 27.5 Å². The fourth-order valence-corrected chi connectivity index (χ4v) is 5.68. The molecule has 2 amide bonds. The van der Waals surface area contributed by atoms with Gasteiger partial charge in [0.15, 0.2) is 0 Å². The lowest BCUT2D eigenvalue weighted by atomic mass is 10.1. The molecule has 3 aromatic rings. The van der Waals surface area contributed by atoms with Gasteiger partial charge in [0.1, 0.15) is 18.3 Å². The molecule has 41 heavy (non-hydrogen) atoms. The third kappa shape index (κ3) is 8.10. The highest BCUT2D eigenvalue weighted by Crippen LogP contribution is 2.27. The second-order valence-corrected chi connectivity index (χ2v) is 13.2. The SMILES string of the molecule is COc1cccc(CN(C(=O)CN(c2ccc(C)c(C)c2)S(=O)(=O)c2ccc(C)cc2)C(C)C(=O)NC(C)(C)C)c1. The molecule has 9 heteroatoms. The van der Waals surface area contributed by atoms with Crippen molar-refractivity contribution in [2.24, 2.45) is 0 Å². The van der Waals surface area contributed by atoms with E-state index in [0.717, 1.165) is 26.6 Å². The van der Waals surface area contributed by atoms with E-state index in [-0.39, 0.29) is 17.3 Å². The summed E-state index contributed by atoms with van der Waals surface area (Å²) in [5.74, 6) is -0.244. The molecule has 0 fully saturated rings. The summed E-state index contributed by atoms with van der Waals surface area (Å²) in [5.41, 5.74) is 3.41. The van der Waals surface area contributed by atoms with Gasteiger partial charge in [-0.25, -0.2) is 8.42 Å². The molecule has 0 spiro atoms. The zero-order chi connectivity index (χ0) is 30.5. The minimum atomic E-state index is -4.12. The Morgan fingerprint density at radius 1 is 0.927 bits per heavy atom. The first-order valence-corrected chi connectivity index (χ1v) is 15.0. The first-order valence-electron chi connectivity index (χ1n) is 13.5. The second kappa shape index (κ2) is 12.8. The van der Waals surface area contributed by atoms with Crippen LogP contribution in [-0.2, 0) is 26.2 Å². The molecule has 1 unspecified atom stereocenters. The molecule has 8 nitrogen and oxygen atoms in total. The molecule has 0 aromatic heterocycles. The summed E-state index contributed by atoms with van der Waals surface area (Å²) in [7, 11) is -2.57. The van der Waals surface area contributed by atoms with Crippen LogP contribution >= 0.6 is 0 Å². The number of benzene rings is 3. The molecule has 3 rings (SSSR count). The lowest BCUT2D eigenvalue weighted by Crippen LogP contribution is -2.54. The van der Waals surface area contributed by atoms with E-state index in [0.29, 0.717) is 11.4 Å². The number of methoxy groups -OCH3 is 1. The molecule has 3 aromatic carbocycles. The maximum absolute atomic E-state index is 14.1. The monoisotopic (exact) mass is 579 g/mol. The molecular formula is C32H41N3O5S. The highest BCUT2D eigenvalue weighted by Gasteiger charge is 2.33. The van der Waals surface area contributed by atoms with Crippen LogP contribution in [0.3, 0.4) is 0 Å². The number of amides is 2. The molecule has 0 saturated carbocycles. The number of hydrogen-bond donors (Lipinski definition) is 1. The van der Waals surface area contributed by atoms with Gasteiger partial charge >= 0.3 is 0 Å². The van der Waals surface area contributed by atoms with E-state index >= 15 is 0 Å². The number of carbonyl (C=O) groups excluding carboxylic acids is 2. The van der Waals surface area contributed by atoms with Crippen molar-refractivity contribution in [1.82, 2.24) is 10.2 Å². The predicted octanol–water partition coefficient (Wildman–Crippen LogP) is 5.15. The summed E-state index contributed by atoms with van der Waals surface area (Å²) in [4.78, 5) is 28.8. The third-order valence-electron chi connectivity index (χ3n) is 6.82. The van der Waals surface area contributed by atoms with Gasteiger partial charge in [-0.3, -0.25) is 13.9 Å². The number of rotatable bonds is 10. The van der Waals surface area contributed by atoms with Gasteiger partial charge in [-0.15, -0.1) is 0 Å². The fraction of sp³-hybridized carbons (Fsp3) is 0.375. The average molecular weight is 580 g/mol. The van der Waals surface area contributed by atoms with E-state index in [1.54, 1.807) is 56.5 Å². The van der Waals surface area contributed by atoms with Gasteiger partial charge in [0, 0.05) is 12.1 Å². The Morgan fingerprint density at radius 2 is 1.59 bits per heavy atom. The normalized spacial score (nSPS) is 12.4. The highest BCUT2D eigenvalue weighted by atomic mass is 32.2. The van der Waals surface area contributed by atoms with E-state index < -0.39 is 34.1 Å². The Bertz CT molecular complexity index is 1490. The Morgan fingerprint density at radius 3 is 2.17 bits per heavy atom. The van der Waals surface area contributed by atoms with Crippen molar-refractivity contribution in [3.63, 3.8) is 0 Å². The summed E-state index contributed by atoms with van der Waals surface area (Å²) >= 11 is 0. The van der Waals surface area contributed by atoms with Gasteiger partial charge in [0.05, 0.1) is 17.7 Å². The van der Waals surface area contributed by atoms with Crippen molar-refractivity contribution in [2.45, 2.75) is 71.5 Å². The molecule has 0 aliphatic heterocycles. The maximum Gasteiger partial charge on any atom is 0.264 e. The molecular weight excluding hydrogens is 538 g/mol. The first kappa shape index (κ1) is 31.7. The lowest BCUT2D eigenvalue weighted by Gasteiger charge is -2.33. The Balaban J connectivity index is 2.07. The van der Waals surface area contributed by atoms with Crippen LogP contribution in [0.4, 0.5) is 5.69 Å². The molecule has 1 N–H and O–H groups in total. The van der Waals surface area contributed by atoms with E-state index in [1.165, 1.54) is 17.0 Å². The molecule has 0 saturated heterocycles. The topological polar surface area (TPSA) is 96.0 Å². The van der Waals surface area contributed by atoms with Crippen LogP contribution in [0.15, 0.2) is 71.6 Å². The van der Waals surface area contributed by atoms with Crippen LogP contribution in [0.1, 0.15) is 49.9 Å². The van der Waals surface area contributed by atoms with Gasteiger partial charge in [-0.1, -0.05) is 35.9 Å². The van der Waals surface area contributed by atoms with Crippen LogP contribution < -0.4 is 14.4 Å². The van der Waals surface area contributed by atoms with Gasteiger partial charge < -0.3 is 15.0 Å². The molecule has 1 atom stereocenters. The minimum absolute atomic E-state index is 0.0759. The fourth-order valence-electron chi connectivity index (χ4n) is 4.27. The molecule has 0 radical (unpaired) electrons.